The molecule has 23 heavy (non-hydrogen) atoms. The molecule has 1 N–H and O–H groups in total. The van der Waals surface area contributed by atoms with Crippen molar-refractivity contribution in [3.05, 3.63) is 23.3 Å². The molecule has 0 radical (unpaired) electrons. The van der Waals surface area contributed by atoms with Gasteiger partial charge >= 0.3 is 0 Å². The Morgan fingerprint density at radius 2 is 1.87 bits per heavy atom. The van der Waals surface area contributed by atoms with E-state index in [-0.39, 0.29) is 5.41 Å². The molecule has 5 atom stereocenters. The molecule has 1 aromatic carbocycles. The number of methoxy groups -OCH3 is 3. The van der Waals surface area contributed by atoms with Crippen LogP contribution in [0.3, 0.4) is 0 Å². The second kappa shape index (κ2) is 5.36. The van der Waals surface area contributed by atoms with Crippen LogP contribution in [0.25, 0.3) is 0 Å². The van der Waals surface area contributed by atoms with Crippen LogP contribution in [0.4, 0.5) is 0 Å². The highest BCUT2D eigenvalue weighted by atomic mass is 16.5. The van der Waals surface area contributed by atoms with Crippen LogP contribution in [-0.4, -0.2) is 50.0 Å². The van der Waals surface area contributed by atoms with Crippen LogP contribution in [-0.2, 0) is 10.2 Å². The van der Waals surface area contributed by atoms with Crippen molar-refractivity contribution in [3.63, 3.8) is 0 Å². The molecule has 0 aromatic heterocycles. The zero-order valence-corrected chi connectivity index (χ0v) is 14.0. The topological polar surface area (TPSA) is 51.2 Å². The molecule has 126 valence electrons. The van der Waals surface area contributed by atoms with Gasteiger partial charge in [0.05, 0.1) is 20.3 Å². The average molecular weight is 319 g/mol. The van der Waals surface area contributed by atoms with Crippen molar-refractivity contribution in [2.75, 3.05) is 27.9 Å². The smallest absolute Gasteiger partial charge is 0.161 e. The maximum absolute atomic E-state index is 10.9. The van der Waals surface area contributed by atoms with Crippen LogP contribution < -0.4 is 9.47 Å². The van der Waals surface area contributed by atoms with Crippen LogP contribution >= 0.6 is 0 Å². The molecule has 1 aromatic rings. The number of rotatable bonds is 3. The van der Waals surface area contributed by atoms with E-state index in [0.717, 1.165) is 43.5 Å². The number of aliphatic hydroxyl groups is 1. The van der Waals surface area contributed by atoms with Crippen LogP contribution in [0, 0.1) is 0 Å². The van der Waals surface area contributed by atoms with E-state index < -0.39 is 6.23 Å². The Kier molecular flexibility index (Phi) is 3.55. The van der Waals surface area contributed by atoms with E-state index in [4.69, 9.17) is 14.2 Å². The highest BCUT2D eigenvalue weighted by Gasteiger charge is 2.57. The minimum absolute atomic E-state index is 0.114. The molecular weight excluding hydrogens is 294 g/mol. The van der Waals surface area contributed by atoms with Crippen molar-refractivity contribution in [2.45, 2.75) is 49.5 Å². The van der Waals surface area contributed by atoms with Gasteiger partial charge in [0, 0.05) is 30.7 Å². The van der Waals surface area contributed by atoms with Gasteiger partial charge in [-0.3, -0.25) is 4.90 Å². The van der Waals surface area contributed by atoms with Gasteiger partial charge in [-0.1, -0.05) is 0 Å². The van der Waals surface area contributed by atoms with E-state index in [2.05, 4.69) is 11.0 Å². The number of ether oxygens (including phenoxy) is 3. The van der Waals surface area contributed by atoms with E-state index in [1.165, 1.54) is 5.56 Å². The first kappa shape index (κ1) is 15.2. The van der Waals surface area contributed by atoms with Gasteiger partial charge < -0.3 is 19.3 Å². The van der Waals surface area contributed by atoms with Gasteiger partial charge in [0.1, 0.15) is 6.23 Å². The quantitative estimate of drug-likeness (QED) is 0.926. The molecule has 1 saturated heterocycles. The molecule has 4 rings (SSSR count). The Labute approximate surface area is 137 Å². The molecule has 2 fully saturated rings. The highest BCUT2D eigenvalue weighted by Crippen LogP contribution is 2.57. The number of nitrogens with zero attached hydrogens (tertiary/aromatic N) is 1. The number of aliphatic hydroxyl groups excluding tert-OH is 1. The van der Waals surface area contributed by atoms with E-state index >= 15 is 0 Å². The predicted molar refractivity (Wildman–Crippen MR) is 85.9 cm³/mol. The van der Waals surface area contributed by atoms with Crippen LogP contribution in [0.5, 0.6) is 11.5 Å². The Hall–Kier alpha value is -1.30. The Bertz CT molecular complexity index is 619. The molecule has 0 spiro atoms. The highest BCUT2D eigenvalue weighted by molar-refractivity contribution is 5.53. The van der Waals surface area contributed by atoms with E-state index in [0.29, 0.717) is 17.9 Å². The van der Waals surface area contributed by atoms with Crippen LogP contribution in [0.2, 0.25) is 0 Å². The Morgan fingerprint density at radius 3 is 2.57 bits per heavy atom. The molecule has 5 heteroatoms. The summed E-state index contributed by atoms with van der Waals surface area (Å²) in [5.41, 5.74) is 2.34. The maximum atomic E-state index is 10.9. The average Bonchev–Trinajstić information content (AvgIpc) is 2.94. The van der Waals surface area contributed by atoms with Crippen LogP contribution in [0.15, 0.2) is 12.1 Å². The summed E-state index contributed by atoms with van der Waals surface area (Å²) in [7, 11) is 5.10. The van der Waals surface area contributed by atoms with Crippen molar-refractivity contribution in [2.24, 2.45) is 0 Å². The van der Waals surface area contributed by atoms with Gasteiger partial charge in [0.2, 0.25) is 0 Å². The maximum Gasteiger partial charge on any atom is 0.161 e. The molecular formula is C18H25NO4. The summed E-state index contributed by atoms with van der Waals surface area (Å²) in [6.07, 6.45) is 3.98. The minimum atomic E-state index is -0.568. The normalized spacial score (nSPS) is 37.9. The molecule has 2 aliphatic heterocycles. The second-order valence-electron chi connectivity index (χ2n) is 6.96. The standard InChI is InChI=1S/C18H25NO4/c1-21-11-4-5-18-6-7-19(16(18)8-11)17(20)12-9-14(22-2)15(23-3)10-13(12)18/h9-11,16-17,20H,4-8H2,1-3H3/t11-,16-,17-,18-/m0/s1. The third-order valence-corrected chi connectivity index (χ3v) is 6.27. The predicted octanol–water partition coefficient (Wildman–Crippen LogP) is 2.22. The molecule has 5 nitrogen and oxygen atoms in total. The first-order valence-electron chi connectivity index (χ1n) is 8.37. The summed E-state index contributed by atoms with van der Waals surface area (Å²) in [5, 5.41) is 10.9. The fourth-order valence-electron chi connectivity index (χ4n) is 5.08. The van der Waals surface area contributed by atoms with Crippen molar-refractivity contribution in [3.8, 4) is 11.5 Å². The van der Waals surface area contributed by atoms with Gasteiger partial charge in [0.15, 0.2) is 11.5 Å². The molecule has 3 aliphatic rings. The fraction of sp³-hybridized carbons (Fsp3) is 0.667. The van der Waals surface area contributed by atoms with Gasteiger partial charge in [0.25, 0.3) is 0 Å². The molecule has 1 unspecified atom stereocenters. The van der Waals surface area contributed by atoms with E-state index in [9.17, 15) is 5.11 Å². The minimum Gasteiger partial charge on any atom is -0.493 e. The van der Waals surface area contributed by atoms with E-state index in [1.807, 2.05) is 6.07 Å². The molecule has 2 heterocycles. The SMILES string of the molecule is COc1cc2c(cc1OC)[C@@]13CC[C@H](OC)C[C@@H]1N(CC3)[C@H]2O. The largest absolute Gasteiger partial charge is 0.493 e. The first-order valence-corrected chi connectivity index (χ1v) is 8.37. The lowest BCUT2D eigenvalue weighted by molar-refractivity contribution is -0.0636. The summed E-state index contributed by atoms with van der Waals surface area (Å²) in [6.45, 7) is 0.932. The fourth-order valence-corrected chi connectivity index (χ4v) is 5.08. The van der Waals surface area contributed by atoms with Gasteiger partial charge in [-0.25, -0.2) is 0 Å². The van der Waals surface area contributed by atoms with E-state index in [1.54, 1.807) is 21.3 Å². The van der Waals surface area contributed by atoms with Crippen molar-refractivity contribution >= 4 is 0 Å². The summed E-state index contributed by atoms with van der Waals surface area (Å²) in [5.74, 6) is 1.44. The zero-order chi connectivity index (χ0) is 16.2. The van der Waals surface area contributed by atoms with Crippen molar-refractivity contribution in [1.82, 2.24) is 4.90 Å². The summed E-state index contributed by atoms with van der Waals surface area (Å²) in [4.78, 5) is 2.25. The van der Waals surface area contributed by atoms with Gasteiger partial charge in [-0.15, -0.1) is 0 Å². The summed E-state index contributed by atoms with van der Waals surface area (Å²) in [6, 6.07) is 4.40. The molecule has 1 aliphatic carbocycles. The van der Waals surface area contributed by atoms with Gasteiger partial charge in [-0.05, 0) is 43.4 Å². The van der Waals surface area contributed by atoms with Crippen molar-refractivity contribution < 1.29 is 19.3 Å². The number of hydrogen-bond donors (Lipinski definition) is 1. The molecule has 0 amide bonds. The first-order chi connectivity index (χ1) is 11.1. The number of fused-ring (bicyclic) bond motifs is 1. The lowest BCUT2D eigenvalue weighted by Crippen LogP contribution is -2.53. The number of benzene rings is 1. The summed E-state index contributed by atoms with van der Waals surface area (Å²) >= 11 is 0. The zero-order valence-electron chi connectivity index (χ0n) is 14.0. The lowest BCUT2D eigenvalue weighted by atomic mass is 9.63. The Morgan fingerprint density at radius 1 is 1.13 bits per heavy atom. The van der Waals surface area contributed by atoms with Crippen molar-refractivity contribution in [1.29, 1.82) is 0 Å². The van der Waals surface area contributed by atoms with Crippen LogP contribution in [0.1, 0.15) is 43.0 Å². The third kappa shape index (κ3) is 1.96. The number of hydrogen-bond acceptors (Lipinski definition) is 5. The lowest BCUT2D eigenvalue weighted by Gasteiger charge is -2.50. The Balaban J connectivity index is 1.85. The monoisotopic (exact) mass is 319 g/mol. The molecule has 2 bridgehead atoms. The summed E-state index contributed by atoms with van der Waals surface area (Å²) < 4.78 is 16.6. The molecule has 1 saturated carbocycles. The second-order valence-corrected chi connectivity index (χ2v) is 6.96. The third-order valence-electron chi connectivity index (χ3n) is 6.27. The van der Waals surface area contributed by atoms with Gasteiger partial charge in [-0.2, -0.15) is 0 Å².